The van der Waals surface area contributed by atoms with Crippen LogP contribution in [0.15, 0.2) is 36.0 Å². The molecule has 1 unspecified atom stereocenters. The van der Waals surface area contributed by atoms with Gasteiger partial charge in [-0.05, 0) is 30.5 Å². The molecule has 0 aliphatic heterocycles. The molecule has 3 aromatic heterocycles. The number of hydrogen-bond donors (Lipinski definition) is 1. The smallest absolute Gasteiger partial charge is 0.146 e. The lowest BCUT2D eigenvalue weighted by Crippen LogP contribution is -2.22. The van der Waals surface area contributed by atoms with Crippen molar-refractivity contribution >= 4 is 34.3 Å². The van der Waals surface area contributed by atoms with Crippen molar-refractivity contribution in [1.29, 1.82) is 0 Å². The van der Waals surface area contributed by atoms with Gasteiger partial charge in [-0.2, -0.15) is 0 Å². The zero-order valence-electron chi connectivity index (χ0n) is 11.5. The molecule has 4 nitrogen and oxygen atoms in total. The van der Waals surface area contributed by atoms with E-state index < -0.39 is 0 Å². The van der Waals surface area contributed by atoms with Gasteiger partial charge < -0.3 is 4.57 Å². The van der Waals surface area contributed by atoms with Gasteiger partial charge in [0, 0.05) is 16.3 Å². The first-order valence-electron chi connectivity index (χ1n) is 6.66. The van der Waals surface area contributed by atoms with Gasteiger partial charge in [-0.3, -0.25) is 5.32 Å². The molecule has 0 bridgehead atoms. The number of halogens is 1. The highest BCUT2D eigenvalue weighted by Crippen LogP contribution is 2.33. The van der Waals surface area contributed by atoms with Crippen LogP contribution in [0.3, 0.4) is 0 Å². The first-order valence-corrected chi connectivity index (χ1v) is 8.74. The minimum atomic E-state index is 0.143. The van der Waals surface area contributed by atoms with Gasteiger partial charge >= 0.3 is 0 Å². The van der Waals surface area contributed by atoms with Crippen molar-refractivity contribution in [2.24, 2.45) is 0 Å². The third-order valence-electron chi connectivity index (χ3n) is 3.21. The number of thiophene rings is 2. The van der Waals surface area contributed by atoms with Crippen molar-refractivity contribution in [3.63, 3.8) is 0 Å². The maximum atomic E-state index is 6.08. The number of nitrogens with zero attached hydrogens (tertiary/aromatic N) is 3. The Morgan fingerprint density at radius 3 is 2.90 bits per heavy atom. The van der Waals surface area contributed by atoms with Crippen LogP contribution in [-0.2, 0) is 13.1 Å². The molecule has 7 heteroatoms. The van der Waals surface area contributed by atoms with Gasteiger partial charge in [0.2, 0.25) is 0 Å². The van der Waals surface area contributed by atoms with E-state index in [1.54, 1.807) is 29.0 Å². The van der Waals surface area contributed by atoms with E-state index in [-0.39, 0.29) is 6.04 Å². The van der Waals surface area contributed by atoms with E-state index in [1.807, 2.05) is 10.6 Å². The van der Waals surface area contributed by atoms with Gasteiger partial charge in [0.25, 0.3) is 0 Å². The van der Waals surface area contributed by atoms with Crippen molar-refractivity contribution in [2.45, 2.75) is 26.1 Å². The lowest BCUT2D eigenvalue weighted by atomic mass is 10.2. The fourth-order valence-corrected chi connectivity index (χ4v) is 4.20. The molecule has 0 amide bonds. The fourth-order valence-electron chi connectivity index (χ4n) is 2.15. The van der Waals surface area contributed by atoms with Gasteiger partial charge in [0.1, 0.15) is 12.2 Å². The van der Waals surface area contributed by atoms with Crippen molar-refractivity contribution in [3.05, 3.63) is 55.9 Å². The Morgan fingerprint density at radius 2 is 2.24 bits per heavy atom. The van der Waals surface area contributed by atoms with Gasteiger partial charge in [-0.25, -0.2) is 0 Å². The molecule has 110 valence electrons. The van der Waals surface area contributed by atoms with E-state index in [4.69, 9.17) is 11.6 Å². The molecule has 3 rings (SSSR count). The maximum Gasteiger partial charge on any atom is 0.146 e. The number of rotatable bonds is 6. The molecule has 1 atom stereocenters. The summed E-state index contributed by atoms with van der Waals surface area (Å²) >= 11 is 9.43. The van der Waals surface area contributed by atoms with E-state index >= 15 is 0 Å². The predicted octanol–water partition coefficient (Wildman–Crippen LogP) is 3.95. The molecule has 0 aromatic carbocycles. The normalized spacial score (nSPS) is 12.7. The summed E-state index contributed by atoms with van der Waals surface area (Å²) in [6.07, 6.45) is 1.76. The Bertz CT molecular complexity index is 689. The monoisotopic (exact) mass is 338 g/mol. The largest absolute Gasteiger partial charge is 0.317 e. The van der Waals surface area contributed by atoms with Crippen LogP contribution < -0.4 is 5.32 Å². The minimum Gasteiger partial charge on any atom is -0.317 e. The second-order valence-corrected chi connectivity index (χ2v) is 7.23. The van der Waals surface area contributed by atoms with E-state index in [9.17, 15) is 0 Å². The second-order valence-electron chi connectivity index (χ2n) is 4.50. The number of hydrogen-bond acceptors (Lipinski definition) is 5. The van der Waals surface area contributed by atoms with Gasteiger partial charge in [0.15, 0.2) is 0 Å². The standard InChI is InChI=1S/C14H15ClN4S2/c1-2-19-9-17-18-13(19)8-16-14(10-4-3-7-20-10)11-5-6-12(15)21-11/h3-7,9,14,16H,2,8H2,1H3. The van der Waals surface area contributed by atoms with Gasteiger partial charge in [0.05, 0.1) is 16.9 Å². The summed E-state index contributed by atoms with van der Waals surface area (Å²) in [6, 6.07) is 8.37. The highest BCUT2D eigenvalue weighted by molar-refractivity contribution is 7.16. The summed E-state index contributed by atoms with van der Waals surface area (Å²) in [5, 5.41) is 13.8. The zero-order valence-corrected chi connectivity index (χ0v) is 13.9. The lowest BCUT2D eigenvalue weighted by Gasteiger charge is -2.16. The Hall–Kier alpha value is -1.21. The summed E-state index contributed by atoms with van der Waals surface area (Å²) < 4.78 is 2.85. The average molecular weight is 339 g/mol. The summed E-state index contributed by atoms with van der Waals surface area (Å²) in [5.74, 6) is 0.946. The third-order valence-corrected chi connectivity index (χ3v) is 5.44. The van der Waals surface area contributed by atoms with Crippen LogP contribution in [0.25, 0.3) is 0 Å². The molecule has 0 fully saturated rings. The summed E-state index contributed by atoms with van der Waals surface area (Å²) in [5.41, 5.74) is 0. The molecular formula is C14H15ClN4S2. The number of aryl methyl sites for hydroxylation is 1. The van der Waals surface area contributed by atoms with Crippen LogP contribution in [0.2, 0.25) is 4.34 Å². The Labute approximate surface area is 136 Å². The molecule has 0 spiro atoms. The van der Waals surface area contributed by atoms with Crippen LogP contribution in [0.1, 0.15) is 28.5 Å². The van der Waals surface area contributed by atoms with E-state index in [1.165, 1.54) is 9.75 Å². The molecule has 21 heavy (non-hydrogen) atoms. The molecule has 3 heterocycles. The van der Waals surface area contributed by atoms with Crippen LogP contribution in [0.4, 0.5) is 0 Å². The van der Waals surface area contributed by atoms with Gasteiger partial charge in [-0.1, -0.05) is 17.7 Å². The third kappa shape index (κ3) is 3.35. The Kier molecular flexibility index (Phi) is 4.70. The number of nitrogens with one attached hydrogen (secondary N) is 1. The van der Waals surface area contributed by atoms with Crippen LogP contribution in [0.5, 0.6) is 0 Å². The highest BCUT2D eigenvalue weighted by Gasteiger charge is 2.17. The fraction of sp³-hybridized carbons (Fsp3) is 0.286. The first kappa shape index (κ1) is 14.7. The van der Waals surface area contributed by atoms with Crippen molar-refractivity contribution < 1.29 is 0 Å². The van der Waals surface area contributed by atoms with E-state index in [0.29, 0.717) is 6.54 Å². The van der Waals surface area contributed by atoms with Crippen molar-refractivity contribution in [3.8, 4) is 0 Å². The highest BCUT2D eigenvalue weighted by atomic mass is 35.5. The molecule has 0 aliphatic carbocycles. The molecule has 1 N–H and O–H groups in total. The maximum absolute atomic E-state index is 6.08. The van der Waals surface area contributed by atoms with E-state index in [2.05, 4.69) is 46.0 Å². The summed E-state index contributed by atoms with van der Waals surface area (Å²) in [4.78, 5) is 2.49. The molecule has 3 aromatic rings. The van der Waals surface area contributed by atoms with Crippen LogP contribution >= 0.6 is 34.3 Å². The predicted molar refractivity (Wildman–Crippen MR) is 88.0 cm³/mol. The summed E-state index contributed by atoms with van der Waals surface area (Å²) in [6.45, 7) is 3.63. The SMILES string of the molecule is CCn1cnnc1CNC(c1cccs1)c1ccc(Cl)s1. The van der Waals surface area contributed by atoms with Crippen molar-refractivity contribution in [1.82, 2.24) is 20.1 Å². The molecular weight excluding hydrogens is 324 g/mol. The van der Waals surface area contributed by atoms with Crippen LogP contribution in [0, 0.1) is 0 Å². The average Bonchev–Trinajstić information content (AvgIpc) is 3.21. The van der Waals surface area contributed by atoms with E-state index in [0.717, 1.165) is 16.7 Å². The number of aromatic nitrogens is 3. The van der Waals surface area contributed by atoms with Crippen molar-refractivity contribution in [2.75, 3.05) is 0 Å². The molecule has 0 saturated carbocycles. The first-order chi connectivity index (χ1) is 10.3. The lowest BCUT2D eigenvalue weighted by molar-refractivity contribution is 0.571. The Morgan fingerprint density at radius 1 is 1.33 bits per heavy atom. The molecule has 0 aliphatic rings. The van der Waals surface area contributed by atoms with Gasteiger partial charge in [-0.15, -0.1) is 32.9 Å². The zero-order chi connectivity index (χ0) is 14.7. The topological polar surface area (TPSA) is 42.7 Å². The Balaban J connectivity index is 1.80. The summed E-state index contributed by atoms with van der Waals surface area (Å²) in [7, 11) is 0. The quantitative estimate of drug-likeness (QED) is 0.740. The minimum absolute atomic E-state index is 0.143. The van der Waals surface area contributed by atoms with Crippen LogP contribution in [-0.4, -0.2) is 14.8 Å². The molecule has 0 radical (unpaired) electrons. The molecule has 0 saturated heterocycles. The second kappa shape index (κ2) is 6.70.